The van der Waals surface area contributed by atoms with Gasteiger partial charge in [0.25, 0.3) is 5.91 Å². The molecule has 176 valence electrons. The number of nitrogens with one attached hydrogen (secondary N) is 1. The van der Waals surface area contributed by atoms with E-state index in [9.17, 15) is 4.79 Å². The number of hydrogen-bond donors (Lipinski definition) is 1. The van der Waals surface area contributed by atoms with Crippen LogP contribution >= 0.6 is 0 Å². The van der Waals surface area contributed by atoms with E-state index in [2.05, 4.69) is 15.5 Å². The van der Waals surface area contributed by atoms with Crippen LogP contribution in [-0.2, 0) is 0 Å². The van der Waals surface area contributed by atoms with Crippen molar-refractivity contribution in [1.82, 2.24) is 15.5 Å². The lowest BCUT2D eigenvalue weighted by Crippen LogP contribution is -2.32. The SMILES string of the molecule is CC[C@@H](C)[C@H](NC(=O)c1ccc(OC)cc1)c1nc(-c2cc(OC)c(OC)c(OC)c2)no1. The van der Waals surface area contributed by atoms with Crippen LogP contribution in [0.5, 0.6) is 23.0 Å². The van der Waals surface area contributed by atoms with Crippen molar-refractivity contribution in [1.29, 1.82) is 0 Å². The summed E-state index contributed by atoms with van der Waals surface area (Å²) in [5.74, 6) is 2.57. The van der Waals surface area contributed by atoms with Crippen LogP contribution in [0.1, 0.15) is 42.6 Å². The molecule has 3 aromatic rings. The maximum Gasteiger partial charge on any atom is 0.251 e. The van der Waals surface area contributed by atoms with Gasteiger partial charge in [0.15, 0.2) is 11.5 Å². The summed E-state index contributed by atoms with van der Waals surface area (Å²) in [6.45, 7) is 4.05. The lowest BCUT2D eigenvalue weighted by Gasteiger charge is -2.20. The van der Waals surface area contributed by atoms with E-state index in [4.69, 9.17) is 23.5 Å². The summed E-state index contributed by atoms with van der Waals surface area (Å²) in [4.78, 5) is 17.4. The summed E-state index contributed by atoms with van der Waals surface area (Å²) in [7, 11) is 6.19. The highest BCUT2D eigenvalue weighted by atomic mass is 16.5. The number of ether oxygens (including phenoxy) is 4. The zero-order chi connectivity index (χ0) is 24.0. The van der Waals surface area contributed by atoms with Gasteiger partial charge in [-0.3, -0.25) is 4.79 Å². The molecule has 0 fully saturated rings. The number of carbonyl (C=O) groups is 1. The molecule has 0 radical (unpaired) electrons. The van der Waals surface area contributed by atoms with Crippen molar-refractivity contribution >= 4 is 5.91 Å². The molecule has 0 bridgehead atoms. The van der Waals surface area contributed by atoms with Crippen LogP contribution in [0.3, 0.4) is 0 Å². The van der Waals surface area contributed by atoms with E-state index in [1.54, 1.807) is 43.5 Å². The molecule has 3 rings (SSSR count). The molecule has 2 atom stereocenters. The minimum absolute atomic E-state index is 0.0560. The molecule has 2 aromatic carbocycles. The average Bonchev–Trinajstić information content (AvgIpc) is 3.35. The summed E-state index contributed by atoms with van der Waals surface area (Å²) in [5, 5.41) is 7.15. The van der Waals surface area contributed by atoms with E-state index < -0.39 is 6.04 Å². The number of nitrogens with zero attached hydrogens (tertiary/aromatic N) is 2. The van der Waals surface area contributed by atoms with Gasteiger partial charge in [-0.15, -0.1) is 0 Å². The first-order valence-corrected chi connectivity index (χ1v) is 10.5. The summed E-state index contributed by atoms with van der Waals surface area (Å²) in [6.07, 6.45) is 0.801. The zero-order valence-corrected chi connectivity index (χ0v) is 19.7. The van der Waals surface area contributed by atoms with Crippen LogP contribution in [-0.4, -0.2) is 44.5 Å². The standard InChI is InChI=1S/C24H29N3O6/c1-7-14(2)20(25-23(28)15-8-10-17(29-3)11-9-15)24-26-22(27-33-24)16-12-18(30-4)21(32-6)19(13-16)31-5/h8-14,20H,7H2,1-6H3,(H,25,28)/t14-,20+/m1/s1. The van der Waals surface area contributed by atoms with E-state index in [-0.39, 0.29) is 11.8 Å². The first-order chi connectivity index (χ1) is 15.9. The molecule has 1 amide bonds. The quantitative estimate of drug-likeness (QED) is 0.483. The Morgan fingerprint density at radius 1 is 1.00 bits per heavy atom. The lowest BCUT2D eigenvalue weighted by molar-refractivity contribution is 0.0910. The molecule has 0 unspecified atom stereocenters. The van der Waals surface area contributed by atoms with Gasteiger partial charge in [0, 0.05) is 11.1 Å². The van der Waals surface area contributed by atoms with E-state index in [1.165, 1.54) is 21.3 Å². The number of methoxy groups -OCH3 is 4. The third-order valence-corrected chi connectivity index (χ3v) is 5.48. The van der Waals surface area contributed by atoms with Gasteiger partial charge in [0.1, 0.15) is 11.8 Å². The van der Waals surface area contributed by atoms with Crippen LogP contribution < -0.4 is 24.3 Å². The highest BCUT2D eigenvalue weighted by Gasteiger charge is 2.27. The predicted octanol–water partition coefficient (Wildman–Crippen LogP) is 4.29. The fourth-order valence-electron chi connectivity index (χ4n) is 3.34. The van der Waals surface area contributed by atoms with Crippen LogP contribution in [0.25, 0.3) is 11.4 Å². The molecule has 0 saturated carbocycles. The van der Waals surface area contributed by atoms with Crippen LogP contribution in [0.4, 0.5) is 0 Å². The molecular weight excluding hydrogens is 426 g/mol. The molecule has 0 aliphatic carbocycles. The van der Waals surface area contributed by atoms with Crippen LogP contribution in [0.15, 0.2) is 40.9 Å². The minimum atomic E-state index is -0.465. The number of carbonyl (C=O) groups excluding carboxylic acids is 1. The van der Waals surface area contributed by atoms with Gasteiger partial charge >= 0.3 is 0 Å². The molecule has 33 heavy (non-hydrogen) atoms. The molecular formula is C24H29N3O6. The minimum Gasteiger partial charge on any atom is -0.497 e. The highest BCUT2D eigenvalue weighted by molar-refractivity contribution is 5.94. The molecule has 1 heterocycles. The second kappa shape index (κ2) is 10.7. The van der Waals surface area contributed by atoms with Crippen molar-refractivity contribution < 1.29 is 28.3 Å². The Labute approximate surface area is 193 Å². The number of rotatable bonds is 10. The van der Waals surface area contributed by atoms with Gasteiger partial charge in [-0.2, -0.15) is 4.98 Å². The maximum atomic E-state index is 12.9. The summed E-state index contributed by atoms with van der Waals surface area (Å²) >= 11 is 0. The lowest BCUT2D eigenvalue weighted by atomic mass is 9.98. The van der Waals surface area contributed by atoms with Crippen molar-refractivity contribution in [3.8, 4) is 34.4 Å². The first-order valence-electron chi connectivity index (χ1n) is 10.5. The van der Waals surface area contributed by atoms with E-state index in [0.29, 0.717) is 45.8 Å². The summed E-state index contributed by atoms with van der Waals surface area (Å²) < 4.78 is 26.9. The normalized spacial score (nSPS) is 12.5. The number of aromatic nitrogens is 2. The summed E-state index contributed by atoms with van der Waals surface area (Å²) in [6, 6.07) is 9.90. The molecule has 9 heteroatoms. The monoisotopic (exact) mass is 455 g/mol. The molecule has 1 aromatic heterocycles. The van der Waals surface area contributed by atoms with Crippen molar-refractivity contribution in [3.05, 3.63) is 47.9 Å². The fraction of sp³-hybridized carbons (Fsp3) is 0.375. The zero-order valence-electron chi connectivity index (χ0n) is 19.7. The van der Waals surface area contributed by atoms with Gasteiger partial charge in [0.05, 0.1) is 28.4 Å². The Bertz CT molecular complexity index is 1060. The second-order valence-electron chi connectivity index (χ2n) is 7.44. The van der Waals surface area contributed by atoms with Crippen molar-refractivity contribution in [3.63, 3.8) is 0 Å². The third-order valence-electron chi connectivity index (χ3n) is 5.48. The van der Waals surface area contributed by atoms with Gasteiger partial charge in [0.2, 0.25) is 17.5 Å². The number of hydrogen-bond acceptors (Lipinski definition) is 8. The third kappa shape index (κ3) is 5.19. The van der Waals surface area contributed by atoms with Crippen molar-refractivity contribution in [2.75, 3.05) is 28.4 Å². The van der Waals surface area contributed by atoms with Crippen molar-refractivity contribution in [2.24, 2.45) is 5.92 Å². The molecule has 0 saturated heterocycles. The maximum absolute atomic E-state index is 12.9. The topological polar surface area (TPSA) is 105 Å². The van der Waals surface area contributed by atoms with E-state index in [0.717, 1.165) is 6.42 Å². The van der Waals surface area contributed by atoms with E-state index in [1.807, 2.05) is 13.8 Å². The van der Waals surface area contributed by atoms with Gasteiger partial charge < -0.3 is 28.8 Å². The Morgan fingerprint density at radius 2 is 1.64 bits per heavy atom. The molecule has 9 nitrogen and oxygen atoms in total. The average molecular weight is 456 g/mol. The number of amides is 1. The summed E-state index contributed by atoms with van der Waals surface area (Å²) in [5.41, 5.74) is 1.14. The highest BCUT2D eigenvalue weighted by Crippen LogP contribution is 2.40. The fourth-order valence-corrected chi connectivity index (χ4v) is 3.34. The van der Waals surface area contributed by atoms with Crippen LogP contribution in [0.2, 0.25) is 0 Å². The van der Waals surface area contributed by atoms with Crippen LogP contribution in [0, 0.1) is 5.92 Å². The Morgan fingerprint density at radius 3 is 2.15 bits per heavy atom. The predicted molar refractivity (Wildman–Crippen MR) is 122 cm³/mol. The van der Waals surface area contributed by atoms with E-state index >= 15 is 0 Å². The second-order valence-corrected chi connectivity index (χ2v) is 7.44. The largest absolute Gasteiger partial charge is 0.497 e. The molecule has 0 spiro atoms. The van der Waals surface area contributed by atoms with Crippen molar-refractivity contribution in [2.45, 2.75) is 26.3 Å². The Balaban J connectivity index is 1.90. The molecule has 0 aliphatic heterocycles. The first kappa shape index (κ1) is 23.9. The smallest absolute Gasteiger partial charge is 0.251 e. The van der Waals surface area contributed by atoms with Gasteiger partial charge in [-0.05, 0) is 42.3 Å². The number of benzene rings is 2. The van der Waals surface area contributed by atoms with Gasteiger partial charge in [-0.1, -0.05) is 25.4 Å². The van der Waals surface area contributed by atoms with Gasteiger partial charge in [-0.25, -0.2) is 0 Å². The molecule has 0 aliphatic rings. The Hall–Kier alpha value is -3.75. The Kier molecular flexibility index (Phi) is 7.76. The molecule has 1 N–H and O–H groups in total.